The summed E-state index contributed by atoms with van der Waals surface area (Å²) in [6.45, 7) is 0. The molecule has 0 amide bonds. The average molecular weight is 260 g/mol. The van der Waals surface area contributed by atoms with Gasteiger partial charge in [-0.25, -0.2) is 4.39 Å². The third kappa shape index (κ3) is 4.71. The Morgan fingerprint density at radius 1 is 1.59 bits per heavy atom. The van der Waals surface area contributed by atoms with Gasteiger partial charge in [0.05, 0.1) is 7.11 Å². The van der Waals surface area contributed by atoms with Crippen LogP contribution in [-0.4, -0.2) is 19.1 Å². The minimum atomic E-state index is -0.331. The molecule has 5 heteroatoms. The molecule has 0 radical (unpaired) electrons. The third-order valence-electron chi connectivity index (χ3n) is 2.44. The lowest BCUT2D eigenvalue weighted by Gasteiger charge is -2.11. The highest BCUT2D eigenvalue weighted by Gasteiger charge is 2.11. The first-order valence-electron chi connectivity index (χ1n) is 5.29. The smallest absolute Gasteiger partial charge is 0.305 e. The Balaban J connectivity index is 2.52. The highest BCUT2D eigenvalue weighted by atomic mass is 35.5. The molecule has 0 fully saturated rings. The number of nitrogens with two attached hydrogens (primary N) is 1. The number of ether oxygens (including phenoxy) is 1. The van der Waals surface area contributed by atoms with Crippen molar-refractivity contribution in [3.8, 4) is 0 Å². The van der Waals surface area contributed by atoms with Gasteiger partial charge in [-0.1, -0.05) is 11.6 Å². The first-order chi connectivity index (χ1) is 8.02. The van der Waals surface area contributed by atoms with E-state index >= 15 is 0 Å². The zero-order valence-electron chi connectivity index (χ0n) is 9.58. The fraction of sp³-hybridized carbons (Fsp3) is 0.417. The van der Waals surface area contributed by atoms with Gasteiger partial charge in [-0.15, -0.1) is 0 Å². The Morgan fingerprint density at radius 3 is 2.94 bits per heavy atom. The highest BCUT2D eigenvalue weighted by Crippen LogP contribution is 2.17. The molecule has 0 aliphatic heterocycles. The topological polar surface area (TPSA) is 52.3 Å². The number of esters is 1. The Morgan fingerprint density at radius 2 is 2.29 bits per heavy atom. The molecule has 0 saturated heterocycles. The second-order valence-electron chi connectivity index (χ2n) is 3.81. The van der Waals surface area contributed by atoms with E-state index in [1.54, 1.807) is 6.07 Å². The lowest BCUT2D eigenvalue weighted by molar-refractivity contribution is -0.140. The molecule has 2 N–H and O–H groups in total. The number of hydrogen-bond acceptors (Lipinski definition) is 3. The van der Waals surface area contributed by atoms with Crippen LogP contribution in [0.2, 0.25) is 5.02 Å². The summed E-state index contributed by atoms with van der Waals surface area (Å²) in [5, 5.41) is 0.474. The van der Waals surface area contributed by atoms with Crippen LogP contribution in [0.15, 0.2) is 18.2 Å². The molecule has 0 aliphatic rings. The van der Waals surface area contributed by atoms with Crippen LogP contribution in [0.3, 0.4) is 0 Å². The maximum Gasteiger partial charge on any atom is 0.305 e. The van der Waals surface area contributed by atoms with Gasteiger partial charge in [0.1, 0.15) is 5.82 Å². The largest absolute Gasteiger partial charge is 0.469 e. The summed E-state index contributed by atoms with van der Waals surface area (Å²) >= 11 is 5.77. The van der Waals surface area contributed by atoms with Crippen molar-refractivity contribution in [2.75, 3.05) is 7.11 Å². The monoisotopic (exact) mass is 259 g/mol. The predicted octanol–water partition coefficient (Wildman–Crippen LogP) is 2.30. The molecule has 0 aliphatic carbocycles. The van der Waals surface area contributed by atoms with E-state index in [1.807, 2.05) is 0 Å². The van der Waals surface area contributed by atoms with Crippen molar-refractivity contribution in [2.45, 2.75) is 25.3 Å². The molecule has 3 nitrogen and oxygen atoms in total. The van der Waals surface area contributed by atoms with Crippen molar-refractivity contribution in [3.63, 3.8) is 0 Å². The summed E-state index contributed by atoms with van der Waals surface area (Å²) in [5.41, 5.74) is 6.28. The van der Waals surface area contributed by atoms with Crippen molar-refractivity contribution in [1.29, 1.82) is 0 Å². The summed E-state index contributed by atoms with van der Waals surface area (Å²) in [4.78, 5) is 10.9. The second kappa shape index (κ2) is 6.57. The van der Waals surface area contributed by atoms with Gasteiger partial charge >= 0.3 is 5.97 Å². The summed E-state index contributed by atoms with van der Waals surface area (Å²) in [5.74, 6) is -0.644. The number of halogens is 2. The Bertz CT molecular complexity index is 398. The van der Waals surface area contributed by atoms with Crippen molar-refractivity contribution in [2.24, 2.45) is 5.73 Å². The Hall–Kier alpha value is -1.13. The molecule has 1 aromatic carbocycles. The van der Waals surface area contributed by atoms with Crippen LogP contribution in [0.25, 0.3) is 0 Å². The summed E-state index contributed by atoms with van der Waals surface area (Å²) in [7, 11) is 1.32. The molecule has 1 unspecified atom stereocenters. The molecule has 0 bridgehead atoms. The third-order valence-corrected chi connectivity index (χ3v) is 2.67. The van der Waals surface area contributed by atoms with E-state index < -0.39 is 0 Å². The van der Waals surface area contributed by atoms with E-state index in [0.29, 0.717) is 23.4 Å². The summed E-state index contributed by atoms with van der Waals surface area (Å²) in [6.07, 6.45) is 1.04. The molecule has 0 aromatic heterocycles. The molecule has 1 rings (SSSR count). The number of carbonyl (C=O) groups excluding carboxylic acids is 1. The first-order valence-corrected chi connectivity index (χ1v) is 5.67. The van der Waals surface area contributed by atoms with Crippen LogP contribution in [0.5, 0.6) is 0 Å². The maximum atomic E-state index is 13.4. The number of carbonyl (C=O) groups is 1. The van der Waals surface area contributed by atoms with Crippen LogP contribution in [0.4, 0.5) is 4.39 Å². The number of rotatable bonds is 5. The Kier molecular flexibility index (Phi) is 5.38. The van der Waals surface area contributed by atoms with Gasteiger partial charge in [-0.2, -0.15) is 0 Å². The van der Waals surface area contributed by atoms with E-state index in [1.165, 1.54) is 19.2 Å². The van der Waals surface area contributed by atoms with Crippen molar-refractivity contribution in [3.05, 3.63) is 34.6 Å². The second-order valence-corrected chi connectivity index (χ2v) is 4.25. The minimum absolute atomic E-state index is 0.236. The van der Waals surface area contributed by atoms with Crippen LogP contribution in [-0.2, 0) is 16.0 Å². The molecule has 1 atom stereocenters. The number of benzene rings is 1. The Labute approximate surface area is 105 Å². The number of hydrogen-bond donors (Lipinski definition) is 1. The molecule has 94 valence electrons. The molecule has 0 saturated carbocycles. The molecule has 0 spiro atoms. The fourth-order valence-electron chi connectivity index (χ4n) is 1.49. The van der Waals surface area contributed by atoms with Gasteiger partial charge in [0, 0.05) is 17.5 Å². The fourth-order valence-corrected chi connectivity index (χ4v) is 1.68. The minimum Gasteiger partial charge on any atom is -0.469 e. The van der Waals surface area contributed by atoms with Crippen LogP contribution >= 0.6 is 11.6 Å². The van der Waals surface area contributed by atoms with Gasteiger partial charge in [-0.3, -0.25) is 4.79 Å². The number of methoxy groups -OCH3 is 1. The van der Waals surface area contributed by atoms with E-state index in [4.69, 9.17) is 17.3 Å². The van der Waals surface area contributed by atoms with Gasteiger partial charge in [0.2, 0.25) is 0 Å². The zero-order valence-corrected chi connectivity index (χ0v) is 10.3. The van der Waals surface area contributed by atoms with E-state index in [-0.39, 0.29) is 24.2 Å². The first kappa shape index (κ1) is 13.9. The van der Waals surface area contributed by atoms with Gasteiger partial charge in [-0.05, 0) is 36.6 Å². The van der Waals surface area contributed by atoms with Crippen LogP contribution in [0.1, 0.15) is 18.4 Å². The quantitative estimate of drug-likeness (QED) is 0.826. The molecule has 17 heavy (non-hydrogen) atoms. The zero-order chi connectivity index (χ0) is 12.8. The lowest BCUT2D eigenvalue weighted by atomic mass is 10.0. The van der Waals surface area contributed by atoms with E-state index in [2.05, 4.69) is 4.74 Å². The molecule has 0 heterocycles. The standard InChI is InChI=1S/C12H15ClFNO2/c1-17-12(16)5-3-10(15)7-8-6-9(13)2-4-11(8)14/h2,4,6,10H,3,5,7,15H2,1H3. The van der Waals surface area contributed by atoms with Gasteiger partial charge < -0.3 is 10.5 Å². The maximum absolute atomic E-state index is 13.4. The average Bonchev–Trinajstić information content (AvgIpc) is 2.30. The lowest BCUT2D eigenvalue weighted by Crippen LogP contribution is -2.24. The van der Waals surface area contributed by atoms with Crippen molar-refractivity contribution < 1.29 is 13.9 Å². The molecular formula is C12H15ClFNO2. The van der Waals surface area contributed by atoms with Crippen molar-refractivity contribution in [1.82, 2.24) is 0 Å². The van der Waals surface area contributed by atoms with E-state index in [0.717, 1.165) is 0 Å². The van der Waals surface area contributed by atoms with Crippen molar-refractivity contribution >= 4 is 17.6 Å². The SMILES string of the molecule is COC(=O)CCC(N)Cc1cc(Cl)ccc1F. The highest BCUT2D eigenvalue weighted by molar-refractivity contribution is 6.30. The molecule has 1 aromatic rings. The van der Waals surface area contributed by atoms with E-state index in [9.17, 15) is 9.18 Å². The van der Waals surface area contributed by atoms with Gasteiger partial charge in [0.25, 0.3) is 0 Å². The summed E-state index contributed by atoms with van der Waals surface area (Å²) in [6, 6.07) is 4.06. The molecular weight excluding hydrogens is 245 g/mol. The van der Waals surface area contributed by atoms with Gasteiger partial charge in [0.15, 0.2) is 0 Å². The predicted molar refractivity (Wildman–Crippen MR) is 64.3 cm³/mol. The van der Waals surface area contributed by atoms with Crippen LogP contribution < -0.4 is 5.73 Å². The van der Waals surface area contributed by atoms with Crippen LogP contribution in [0, 0.1) is 5.82 Å². The summed E-state index contributed by atoms with van der Waals surface area (Å²) < 4.78 is 17.9. The normalized spacial score (nSPS) is 12.2.